The van der Waals surface area contributed by atoms with Crippen LogP contribution in [0.1, 0.15) is 11.3 Å². The van der Waals surface area contributed by atoms with Crippen LogP contribution < -0.4 is 4.74 Å². The van der Waals surface area contributed by atoms with Gasteiger partial charge in [-0.05, 0) is 36.4 Å². The van der Waals surface area contributed by atoms with Crippen LogP contribution in [0.5, 0.6) is 11.6 Å². The van der Waals surface area contributed by atoms with E-state index in [1.54, 1.807) is 6.07 Å². The van der Waals surface area contributed by atoms with Crippen LogP contribution in [0.25, 0.3) is 0 Å². The fourth-order valence-electron chi connectivity index (χ4n) is 1.38. The Morgan fingerprint density at radius 2 is 1.75 bits per heavy atom. The van der Waals surface area contributed by atoms with Gasteiger partial charge in [-0.1, -0.05) is 11.6 Å². The van der Waals surface area contributed by atoms with Crippen molar-refractivity contribution in [3.63, 3.8) is 0 Å². The van der Waals surface area contributed by atoms with Gasteiger partial charge in [0.2, 0.25) is 5.88 Å². The summed E-state index contributed by atoms with van der Waals surface area (Å²) < 4.78 is 42.9. The number of ether oxygens (including phenoxy) is 1. The van der Waals surface area contributed by atoms with E-state index in [0.29, 0.717) is 5.02 Å². The molecule has 2 rings (SSSR count). The maximum absolute atomic E-state index is 12.6. The summed E-state index contributed by atoms with van der Waals surface area (Å²) in [4.78, 5) is 3.33. The standard InChI is InChI=1S/C13H6ClF3N2O/c14-9-2-4-10(5-3-9)20-12-8(7-18)1-6-11(19-12)13(15,16)17/h1-6H. The summed E-state index contributed by atoms with van der Waals surface area (Å²) in [5, 5.41) is 9.32. The van der Waals surface area contributed by atoms with E-state index in [-0.39, 0.29) is 11.3 Å². The molecular formula is C13H6ClF3N2O. The summed E-state index contributed by atoms with van der Waals surface area (Å²) in [6.45, 7) is 0. The first kappa shape index (κ1) is 14.2. The van der Waals surface area contributed by atoms with Crippen molar-refractivity contribution in [2.24, 2.45) is 0 Å². The molecule has 0 saturated carbocycles. The Morgan fingerprint density at radius 1 is 1.10 bits per heavy atom. The Labute approximate surface area is 117 Å². The van der Waals surface area contributed by atoms with Crippen molar-refractivity contribution in [3.05, 3.63) is 52.7 Å². The molecule has 1 aromatic carbocycles. The third-order valence-electron chi connectivity index (χ3n) is 2.30. The SMILES string of the molecule is N#Cc1ccc(C(F)(F)F)nc1Oc1ccc(Cl)cc1. The summed E-state index contributed by atoms with van der Waals surface area (Å²) in [6.07, 6.45) is -4.61. The molecule has 1 heterocycles. The molecular weight excluding hydrogens is 293 g/mol. The summed E-state index contributed by atoms with van der Waals surface area (Å²) >= 11 is 5.69. The van der Waals surface area contributed by atoms with E-state index in [9.17, 15) is 13.2 Å². The lowest BCUT2D eigenvalue weighted by Crippen LogP contribution is -2.09. The molecule has 0 fully saturated rings. The van der Waals surface area contributed by atoms with Gasteiger partial charge in [-0.3, -0.25) is 0 Å². The molecule has 0 saturated heterocycles. The van der Waals surface area contributed by atoms with Crippen LogP contribution in [0.2, 0.25) is 5.02 Å². The van der Waals surface area contributed by atoms with Crippen LogP contribution in [-0.4, -0.2) is 4.98 Å². The van der Waals surface area contributed by atoms with E-state index < -0.39 is 17.8 Å². The maximum atomic E-state index is 12.6. The number of hydrogen-bond acceptors (Lipinski definition) is 3. The maximum Gasteiger partial charge on any atom is 0.433 e. The molecule has 0 aliphatic heterocycles. The lowest BCUT2D eigenvalue weighted by molar-refractivity contribution is -0.141. The zero-order chi connectivity index (χ0) is 14.8. The first-order chi connectivity index (χ1) is 9.40. The van der Waals surface area contributed by atoms with E-state index >= 15 is 0 Å². The van der Waals surface area contributed by atoms with Crippen molar-refractivity contribution in [2.75, 3.05) is 0 Å². The number of nitrogens with zero attached hydrogens (tertiary/aromatic N) is 2. The van der Waals surface area contributed by atoms with Crippen molar-refractivity contribution in [1.82, 2.24) is 4.98 Å². The molecule has 0 atom stereocenters. The highest BCUT2D eigenvalue weighted by molar-refractivity contribution is 6.30. The minimum absolute atomic E-state index is 0.0899. The van der Waals surface area contributed by atoms with Crippen LogP contribution in [0, 0.1) is 11.3 Å². The molecule has 1 aromatic heterocycles. The smallest absolute Gasteiger partial charge is 0.433 e. The van der Waals surface area contributed by atoms with Gasteiger partial charge in [0.15, 0.2) is 0 Å². The molecule has 0 bridgehead atoms. The normalized spacial score (nSPS) is 10.9. The molecule has 0 spiro atoms. The Bertz CT molecular complexity index is 663. The topological polar surface area (TPSA) is 45.9 Å². The van der Waals surface area contributed by atoms with Crippen molar-refractivity contribution >= 4 is 11.6 Å². The van der Waals surface area contributed by atoms with Gasteiger partial charge in [0.1, 0.15) is 23.1 Å². The lowest BCUT2D eigenvalue weighted by Gasteiger charge is -2.10. The van der Waals surface area contributed by atoms with Gasteiger partial charge in [0.25, 0.3) is 0 Å². The molecule has 0 unspecified atom stereocenters. The number of halogens is 4. The second kappa shape index (κ2) is 5.39. The van der Waals surface area contributed by atoms with Gasteiger partial charge in [0.05, 0.1) is 0 Å². The van der Waals surface area contributed by atoms with Gasteiger partial charge < -0.3 is 4.74 Å². The van der Waals surface area contributed by atoms with Gasteiger partial charge in [-0.15, -0.1) is 0 Å². The van der Waals surface area contributed by atoms with Crippen LogP contribution >= 0.6 is 11.6 Å². The van der Waals surface area contributed by atoms with Crippen LogP contribution in [0.3, 0.4) is 0 Å². The van der Waals surface area contributed by atoms with Crippen LogP contribution in [-0.2, 0) is 6.18 Å². The second-order valence-corrected chi connectivity index (χ2v) is 4.15. The number of rotatable bonds is 2. The van der Waals surface area contributed by atoms with E-state index in [1.807, 2.05) is 0 Å². The molecule has 0 amide bonds. The Balaban J connectivity index is 2.39. The quantitative estimate of drug-likeness (QED) is 0.824. The summed E-state index contributed by atoms with van der Waals surface area (Å²) in [5.74, 6) is -0.164. The fraction of sp³-hybridized carbons (Fsp3) is 0.0769. The fourth-order valence-corrected chi connectivity index (χ4v) is 1.50. The zero-order valence-electron chi connectivity index (χ0n) is 9.78. The van der Waals surface area contributed by atoms with Crippen molar-refractivity contribution in [3.8, 4) is 17.7 Å². The van der Waals surface area contributed by atoms with Crippen molar-refractivity contribution < 1.29 is 17.9 Å². The highest BCUT2D eigenvalue weighted by Crippen LogP contribution is 2.31. The third kappa shape index (κ3) is 3.19. The summed E-state index contributed by atoms with van der Waals surface area (Å²) in [7, 11) is 0. The lowest BCUT2D eigenvalue weighted by atomic mass is 10.2. The van der Waals surface area contributed by atoms with Gasteiger partial charge in [-0.2, -0.15) is 18.4 Å². The molecule has 0 N–H and O–H groups in total. The first-order valence-corrected chi connectivity index (χ1v) is 5.70. The number of aromatic nitrogens is 1. The average Bonchev–Trinajstić information content (AvgIpc) is 2.40. The molecule has 7 heteroatoms. The van der Waals surface area contributed by atoms with E-state index in [2.05, 4.69) is 4.98 Å². The molecule has 0 aliphatic carbocycles. The summed E-state index contributed by atoms with van der Waals surface area (Å²) in [6, 6.07) is 9.42. The van der Waals surface area contributed by atoms with E-state index in [4.69, 9.17) is 21.6 Å². The van der Waals surface area contributed by atoms with E-state index in [1.165, 1.54) is 24.3 Å². The minimum Gasteiger partial charge on any atom is -0.438 e. The number of hydrogen-bond donors (Lipinski definition) is 0. The molecule has 102 valence electrons. The number of pyridine rings is 1. The highest BCUT2D eigenvalue weighted by Gasteiger charge is 2.33. The predicted molar refractivity (Wildman–Crippen MR) is 65.5 cm³/mol. The van der Waals surface area contributed by atoms with Crippen LogP contribution in [0.4, 0.5) is 13.2 Å². The summed E-state index contributed by atoms with van der Waals surface area (Å²) in [5.41, 5.74) is -1.21. The predicted octanol–water partition coefficient (Wildman–Crippen LogP) is 4.42. The number of benzene rings is 1. The highest BCUT2D eigenvalue weighted by atomic mass is 35.5. The molecule has 0 radical (unpaired) electrons. The minimum atomic E-state index is -4.61. The Hall–Kier alpha value is -2.26. The molecule has 3 nitrogen and oxygen atoms in total. The first-order valence-electron chi connectivity index (χ1n) is 5.32. The van der Waals surface area contributed by atoms with Crippen molar-refractivity contribution in [2.45, 2.75) is 6.18 Å². The Kier molecular flexibility index (Phi) is 3.81. The average molecular weight is 299 g/mol. The number of nitriles is 1. The molecule has 20 heavy (non-hydrogen) atoms. The van der Waals surface area contributed by atoms with Crippen molar-refractivity contribution in [1.29, 1.82) is 5.26 Å². The monoisotopic (exact) mass is 298 g/mol. The van der Waals surface area contributed by atoms with Gasteiger partial charge in [-0.25, -0.2) is 4.98 Å². The molecule has 0 aliphatic rings. The Morgan fingerprint density at radius 3 is 2.30 bits per heavy atom. The third-order valence-corrected chi connectivity index (χ3v) is 2.55. The zero-order valence-corrected chi connectivity index (χ0v) is 10.5. The largest absolute Gasteiger partial charge is 0.438 e. The number of alkyl halides is 3. The second-order valence-electron chi connectivity index (χ2n) is 3.71. The van der Waals surface area contributed by atoms with Crippen LogP contribution in [0.15, 0.2) is 36.4 Å². The van der Waals surface area contributed by atoms with Gasteiger partial charge in [0, 0.05) is 5.02 Å². The molecule has 2 aromatic rings. The van der Waals surface area contributed by atoms with Gasteiger partial charge >= 0.3 is 6.18 Å². The van der Waals surface area contributed by atoms with E-state index in [0.717, 1.165) is 12.1 Å².